The van der Waals surface area contributed by atoms with Crippen molar-refractivity contribution in [1.29, 1.82) is 0 Å². The Morgan fingerprint density at radius 2 is 1.83 bits per heavy atom. The van der Waals surface area contributed by atoms with Crippen LogP contribution in [-0.4, -0.2) is 44.9 Å². The van der Waals surface area contributed by atoms with E-state index in [-0.39, 0.29) is 5.84 Å². The summed E-state index contributed by atoms with van der Waals surface area (Å²) in [5.41, 5.74) is 6.19. The van der Waals surface area contributed by atoms with Gasteiger partial charge in [0, 0.05) is 26.7 Å². The molecule has 0 saturated heterocycles. The van der Waals surface area contributed by atoms with Crippen molar-refractivity contribution in [2.24, 2.45) is 10.9 Å². The molecule has 0 unspecified atom stereocenters. The Morgan fingerprint density at radius 1 is 1.28 bits per heavy atom. The van der Waals surface area contributed by atoms with Crippen LogP contribution in [0.1, 0.15) is 5.56 Å². The highest BCUT2D eigenvalue weighted by molar-refractivity contribution is 7.90. The molecule has 0 bridgehead atoms. The van der Waals surface area contributed by atoms with E-state index in [2.05, 4.69) is 5.16 Å². The summed E-state index contributed by atoms with van der Waals surface area (Å²) < 4.78 is 26.2. The first-order chi connectivity index (χ1) is 8.32. The Labute approximate surface area is 106 Å². The van der Waals surface area contributed by atoms with Gasteiger partial charge in [0.05, 0.1) is 5.69 Å². The molecule has 0 aliphatic carbocycles. The van der Waals surface area contributed by atoms with Crippen molar-refractivity contribution in [2.75, 3.05) is 25.4 Å². The minimum Gasteiger partial charge on any atom is -0.409 e. The minimum absolute atomic E-state index is 0.147. The zero-order valence-electron chi connectivity index (χ0n) is 10.4. The molecule has 1 rings (SSSR count). The van der Waals surface area contributed by atoms with Crippen LogP contribution in [0.25, 0.3) is 0 Å². The fraction of sp³-hybridized carbons (Fsp3) is 0.300. The molecule has 0 fully saturated rings. The molecule has 1 aromatic carbocycles. The second-order valence-corrected chi connectivity index (χ2v) is 5.93. The van der Waals surface area contributed by atoms with Crippen molar-refractivity contribution < 1.29 is 13.6 Å². The lowest BCUT2D eigenvalue weighted by molar-refractivity contribution is 0.318. The zero-order chi connectivity index (χ0) is 13.9. The largest absolute Gasteiger partial charge is 0.409 e. The molecule has 0 aromatic heterocycles. The maximum absolute atomic E-state index is 12.0. The number of para-hydroxylation sites is 1. The van der Waals surface area contributed by atoms with Gasteiger partial charge in [-0.25, -0.2) is 0 Å². The number of hydrogen-bond donors (Lipinski definition) is 2. The van der Waals surface area contributed by atoms with E-state index in [4.69, 9.17) is 10.9 Å². The molecule has 0 amide bonds. The third-order valence-corrected chi connectivity index (χ3v) is 4.25. The number of nitrogens with two attached hydrogens (primary N) is 1. The number of benzene rings is 1. The number of oxime groups is 1. The Kier molecular flexibility index (Phi) is 4.15. The molecule has 0 saturated carbocycles. The second kappa shape index (κ2) is 5.23. The van der Waals surface area contributed by atoms with Crippen LogP contribution in [0.2, 0.25) is 0 Å². The molecule has 0 aliphatic heterocycles. The van der Waals surface area contributed by atoms with E-state index >= 15 is 0 Å². The molecule has 0 radical (unpaired) electrons. The number of nitrogens with zero attached hydrogens (tertiary/aromatic N) is 3. The maximum Gasteiger partial charge on any atom is 0.303 e. The van der Waals surface area contributed by atoms with Gasteiger partial charge in [-0.1, -0.05) is 17.3 Å². The summed E-state index contributed by atoms with van der Waals surface area (Å²) in [7, 11) is 0.639. The minimum atomic E-state index is -3.62. The van der Waals surface area contributed by atoms with E-state index in [0.29, 0.717) is 11.3 Å². The molecule has 7 nitrogen and oxygen atoms in total. The predicted molar refractivity (Wildman–Crippen MR) is 70.0 cm³/mol. The van der Waals surface area contributed by atoms with Crippen LogP contribution in [-0.2, 0) is 10.2 Å². The van der Waals surface area contributed by atoms with Crippen LogP contribution in [0.5, 0.6) is 0 Å². The first kappa shape index (κ1) is 14.3. The molecule has 18 heavy (non-hydrogen) atoms. The van der Waals surface area contributed by atoms with Crippen LogP contribution >= 0.6 is 0 Å². The summed E-state index contributed by atoms with van der Waals surface area (Å²) in [5, 5.41) is 11.6. The summed E-state index contributed by atoms with van der Waals surface area (Å²) in [6.45, 7) is 0. The van der Waals surface area contributed by atoms with Crippen LogP contribution < -0.4 is 10.0 Å². The Morgan fingerprint density at radius 3 is 2.33 bits per heavy atom. The summed E-state index contributed by atoms with van der Waals surface area (Å²) in [6.07, 6.45) is 0. The summed E-state index contributed by atoms with van der Waals surface area (Å²) in [5.74, 6) is -0.147. The van der Waals surface area contributed by atoms with Crippen LogP contribution in [0, 0.1) is 0 Å². The van der Waals surface area contributed by atoms with Gasteiger partial charge < -0.3 is 10.9 Å². The number of anilines is 1. The predicted octanol–water partition coefficient (Wildman–Crippen LogP) is 0.0237. The Hall–Kier alpha value is -1.80. The lowest BCUT2D eigenvalue weighted by Crippen LogP contribution is -2.38. The van der Waals surface area contributed by atoms with E-state index in [1.54, 1.807) is 24.3 Å². The molecular weight excluding hydrogens is 256 g/mol. The Bertz CT molecular complexity index is 554. The first-order valence-electron chi connectivity index (χ1n) is 5.05. The van der Waals surface area contributed by atoms with Crippen LogP contribution in [0.3, 0.4) is 0 Å². The Balaban J connectivity index is 3.35. The van der Waals surface area contributed by atoms with Gasteiger partial charge in [0.15, 0.2) is 5.84 Å². The van der Waals surface area contributed by atoms with Gasteiger partial charge in [-0.2, -0.15) is 12.7 Å². The zero-order valence-corrected chi connectivity index (χ0v) is 11.2. The number of hydrogen-bond acceptors (Lipinski definition) is 4. The highest BCUT2D eigenvalue weighted by Gasteiger charge is 2.23. The van der Waals surface area contributed by atoms with Crippen LogP contribution in [0.15, 0.2) is 29.4 Å². The smallest absolute Gasteiger partial charge is 0.303 e. The van der Waals surface area contributed by atoms with Gasteiger partial charge in [-0.15, -0.1) is 0 Å². The molecule has 100 valence electrons. The lowest BCUT2D eigenvalue weighted by atomic mass is 10.1. The fourth-order valence-electron chi connectivity index (χ4n) is 1.39. The average Bonchev–Trinajstić information content (AvgIpc) is 2.36. The van der Waals surface area contributed by atoms with E-state index in [9.17, 15) is 8.42 Å². The third-order valence-electron chi connectivity index (χ3n) is 2.43. The molecule has 8 heteroatoms. The molecule has 0 heterocycles. The summed E-state index contributed by atoms with van der Waals surface area (Å²) in [6, 6.07) is 6.50. The molecule has 3 N–H and O–H groups in total. The second-order valence-electron chi connectivity index (χ2n) is 3.76. The standard InChI is InChI=1S/C10H16N4O3S/c1-13(2)18(16,17)14(3)9-7-5-4-6-8(9)10(11)12-15/h4-7,15H,1-3H3,(H2,11,12). The van der Waals surface area contributed by atoms with Crippen molar-refractivity contribution in [3.63, 3.8) is 0 Å². The highest BCUT2D eigenvalue weighted by atomic mass is 32.2. The van der Waals surface area contributed by atoms with E-state index in [1.165, 1.54) is 21.1 Å². The van der Waals surface area contributed by atoms with Gasteiger partial charge in [-0.3, -0.25) is 4.31 Å². The average molecular weight is 272 g/mol. The fourth-order valence-corrected chi connectivity index (χ4v) is 2.29. The highest BCUT2D eigenvalue weighted by Crippen LogP contribution is 2.22. The van der Waals surface area contributed by atoms with Crippen molar-refractivity contribution in [2.45, 2.75) is 0 Å². The van der Waals surface area contributed by atoms with Crippen molar-refractivity contribution in [3.05, 3.63) is 29.8 Å². The molecule has 1 aromatic rings. The van der Waals surface area contributed by atoms with E-state index in [0.717, 1.165) is 8.61 Å². The first-order valence-corrected chi connectivity index (χ1v) is 6.45. The van der Waals surface area contributed by atoms with Crippen molar-refractivity contribution in [3.8, 4) is 0 Å². The van der Waals surface area contributed by atoms with E-state index in [1.807, 2.05) is 0 Å². The van der Waals surface area contributed by atoms with Gasteiger partial charge in [0.2, 0.25) is 0 Å². The maximum atomic E-state index is 12.0. The van der Waals surface area contributed by atoms with Gasteiger partial charge in [0.25, 0.3) is 0 Å². The molecule has 0 aliphatic rings. The van der Waals surface area contributed by atoms with Gasteiger partial charge in [-0.05, 0) is 12.1 Å². The van der Waals surface area contributed by atoms with Gasteiger partial charge in [0.1, 0.15) is 0 Å². The number of rotatable bonds is 4. The normalized spacial score (nSPS) is 12.8. The molecule has 0 atom stereocenters. The van der Waals surface area contributed by atoms with Gasteiger partial charge >= 0.3 is 10.2 Å². The lowest BCUT2D eigenvalue weighted by Gasteiger charge is -2.24. The third kappa shape index (κ3) is 2.54. The molecule has 0 spiro atoms. The SMILES string of the molecule is CN(C)S(=O)(=O)N(C)c1ccccc1C(N)=NO. The molecular formula is C10H16N4O3S. The van der Waals surface area contributed by atoms with E-state index < -0.39 is 10.2 Å². The quantitative estimate of drug-likeness (QED) is 0.349. The summed E-state index contributed by atoms with van der Waals surface area (Å²) >= 11 is 0. The van der Waals surface area contributed by atoms with Crippen molar-refractivity contribution >= 4 is 21.7 Å². The summed E-state index contributed by atoms with van der Waals surface area (Å²) in [4.78, 5) is 0. The monoisotopic (exact) mass is 272 g/mol. The number of amidine groups is 1. The van der Waals surface area contributed by atoms with Crippen molar-refractivity contribution in [1.82, 2.24) is 4.31 Å². The van der Waals surface area contributed by atoms with Crippen LogP contribution in [0.4, 0.5) is 5.69 Å². The topological polar surface area (TPSA) is 99.2 Å².